The second-order valence-corrected chi connectivity index (χ2v) is 7.13. The largest absolute Gasteiger partial charge is 0.496 e. The van der Waals surface area contributed by atoms with Crippen molar-refractivity contribution in [2.45, 2.75) is 45.8 Å². The molecule has 0 aliphatic carbocycles. The quantitative estimate of drug-likeness (QED) is 0.342. The van der Waals surface area contributed by atoms with Crippen LogP contribution in [0, 0.1) is 0 Å². The van der Waals surface area contributed by atoms with E-state index < -0.39 is 18.3 Å². The lowest BCUT2D eigenvalue weighted by molar-refractivity contribution is -0.131. The van der Waals surface area contributed by atoms with Gasteiger partial charge in [-0.25, -0.2) is 0 Å². The van der Waals surface area contributed by atoms with Crippen LogP contribution in [0.3, 0.4) is 0 Å². The molecule has 0 bridgehead atoms. The highest BCUT2D eigenvalue weighted by molar-refractivity contribution is 6.55. The van der Waals surface area contributed by atoms with Crippen LogP contribution in [0.2, 0.25) is 0 Å². The van der Waals surface area contributed by atoms with Crippen molar-refractivity contribution in [1.29, 1.82) is 0 Å². The number of carbonyl (C=O) groups is 1. The van der Waals surface area contributed by atoms with Crippen molar-refractivity contribution in [1.82, 2.24) is 4.90 Å². The maximum absolute atomic E-state index is 12.6. The Bertz CT molecular complexity index is 547. The Labute approximate surface area is 144 Å². The number of morpholine rings is 1. The van der Waals surface area contributed by atoms with E-state index in [1.54, 1.807) is 24.1 Å². The van der Waals surface area contributed by atoms with E-state index in [0.29, 0.717) is 37.3 Å². The molecule has 0 unspecified atom stereocenters. The van der Waals surface area contributed by atoms with Gasteiger partial charge in [-0.3, -0.25) is 9.79 Å². The minimum Gasteiger partial charge on any atom is -0.399 e. The topological polar surface area (TPSA) is 60.4 Å². The van der Waals surface area contributed by atoms with Crippen molar-refractivity contribution in [3.05, 3.63) is 23.3 Å². The third kappa shape index (κ3) is 3.96. The molecule has 0 radical (unpaired) electrons. The molecule has 0 atom stereocenters. The van der Waals surface area contributed by atoms with Gasteiger partial charge in [-0.2, -0.15) is 0 Å². The third-order valence-electron chi connectivity index (χ3n) is 4.78. The first-order chi connectivity index (χ1) is 11.2. The summed E-state index contributed by atoms with van der Waals surface area (Å²) in [4.78, 5) is 18.2. The van der Waals surface area contributed by atoms with Crippen molar-refractivity contribution < 1.29 is 18.8 Å². The van der Waals surface area contributed by atoms with Crippen molar-refractivity contribution in [3.63, 3.8) is 0 Å². The van der Waals surface area contributed by atoms with E-state index in [-0.39, 0.29) is 5.91 Å². The maximum atomic E-state index is 12.6. The molecule has 132 valence electrons. The van der Waals surface area contributed by atoms with Crippen molar-refractivity contribution in [2.75, 3.05) is 26.3 Å². The van der Waals surface area contributed by atoms with Gasteiger partial charge in [0.25, 0.3) is 0 Å². The minimum atomic E-state index is -0.576. The molecule has 2 heterocycles. The highest BCUT2D eigenvalue weighted by Crippen LogP contribution is 2.38. The number of amides is 1. The van der Waals surface area contributed by atoms with E-state index in [1.807, 2.05) is 27.7 Å². The summed E-state index contributed by atoms with van der Waals surface area (Å²) in [5, 5.41) is 0. The van der Waals surface area contributed by atoms with Gasteiger partial charge in [0.2, 0.25) is 5.91 Å². The van der Waals surface area contributed by atoms with E-state index in [1.165, 1.54) is 0 Å². The highest BCUT2D eigenvalue weighted by atomic mass is 16.7. The first-order valence-electron chi connectivity index (χ1n) is 8.25. The van der Waals surface area contributed by atoms with Gasteiger partial charge in [-0.15, -0.1) is 0 Å². The van der Waals surface area contributed by atoms with E-state index >= 15 is 0 Å². The van der Waals surface area contributed by atoms with Crippen molar-refractivity contribution >= 4 is 19.7 Å². The van der Waals surface area contributed by atoms with Crippen LogP contribution in [0.4, 0.5) is 0 Å². The van der Waals surface area contributed by atoms with Crippen molar-refractivity contribution in [2.24, 2.45) is 4.99 Å². The fourth-order valence-electron chi connectivity index (χ4n) is 2.58. The molecule has 0 saturated carbocycles. The Kier molecular flexibility index (Phi) is 5.68. The lowest BCUT2D eigenvalue weighted by Gasteiger charge is -2.32. The van der Waals surface area contributed by atoms with Crippen LogP contribution in [0.25, 0.3) is 0 Å². The smallest absolute Gasteiger partial charge is 0.399 e. The zero-order valence-corrected chi connectivity index (χ0v) is 15.3. The molecule has 0 aromatic rings. The summed E-state index contributed by atoms with van der Waals surface area (Å²) in [5.74, 6) is -0.00946. The Morgan fingerprint density at radius 3 is 2.21 bits per heavy atom. The molecule has 2 aliphatic rings. The standard InChI is InChI=1S/C17H27BN2O4/c1-13(15(21)20-7-9-22-10-8-20)11-14(12-19-6)18-23-16(2,3)17(4,5)24-18/h11-12H,6-10H2,1-5H3/b13-11+,14-12+. The van der Waals surface area contributed by atoms with E-state index in [2.05, 4.69) is 11.7 Å². The predicted molar refractivity (Wildman–Crippen MR) is 94.9 cm³/mol. The number of aliphatic imine (C=N–C) groups is 1. The first-order valence-corrected chi connectivity index (χ1v) is 8.25. The van der Waals surface area contributed by atoms with Crippen LogP contribution < -0.4 is 0 Å². The van der Waals surface area contributed by atoms with E-state index in [0.717, 1.165) is 0 Å². The average Bonchev–Trinajstić information content (AvgIpc) is 2.75. The summed E-state index contributed by atoms with van der Waals surface area (Å²) < 4.78 is 17.4. The molecule has 2 aliphatic heterocycles. The summed E-state index contributed by atoms with van der Waals surface area (Å²) in [7, 11) is -0.576. The van der Waals surface area contributed by atoms with Crippen LogP contribution in [0.5, 0.6) is 0 Å². The van der Waals surface area contributed by atoms with E-state index in [9.17, 15) is 4.79 Å². The second-order valence-electron chi connectivity index (χ2n) is 7.13. The number of ether oxygens (including phenoxy) is 1. The molecule has 0 aromatic carbocycles. The lowest BCUT2D eigenvalue weighted by Crippen LogP contribution is -2.41. The number of nitrogens with zero attached hydrogens (tertiary/aromatic N) is 2. The van der Waals surface area contributed by atoms with Gasteiger partial charge in [-0.05, 0) is 41.3 Å². The zero-order valence-electron chi connectivity index (χ0n) is 15.3. The SMILES string of the molecule is C=N/C=C(\C=C(/C)C(=O)N1CCOCC1)B1OC(C)(C)C(C)(C)O1. The highest BCUT2D eigenvalue weighted by Gasteiger charge is 2.52. The summed E-state index contributed by atoms with van der Waals surface area (Å²) in [6.45, 7) is 15.6. The third-order valence-corrected chi connectivity index (χ3v) is 4.78. The number of hydrogen-bond acceptors (Lipinski definition) is 5. The molecule has 7 heteroatoms. The Morgan fingerprint density at radius 1 is 1.17 bits per heavy atom. The normalized spacial score (nSPS) is 24.2. The van der Waals surface area contributed by atoms with Gasteiger partial charge in [0, 0.05) is 30.3 Å². The van der Waals surface area contributed by atoms with Gasteiger partial charge in [-0.1, -0.05) is 6.08 Å². The van der Waals surface area contributed by atoms with Crippen LogP contribution in [-0.4, -0.2) is 62.1 Å². The van der Waals surface area contributed by atoms with Crippen LogP contribution >= 0.6 is 0 Å². The average molecular weight is 334 g/mol. The van der Waals surface area contributed by atoms with Crippen LogP contribution in [0.15, 0.2) is 28.3 Å². The molecule has 0 spiro atoms. The molecule has 1 amide bonds. The molecule has 2 fully saturated rings. The van der Waals surface area contributed by atoms with Crippen LogP contribution in [-0.2, 0) is 18.8 Å². The zero-order chi connectivity index (χ0) is 18.0. The lowest BCUT2D eigenvalue weighted by atomic mass is 9.77. The van der Waals surface area contributed by atoms with Crippen molar-refractivity contribution in [3.8, 4) is 0 Å². The van der Waals surface area contributed by atoms with Gasteiger partial charge >= 0.3 is 7.12 Å². The molecular formula is C17H27BN2O4. The fraction of sp³-hybridized carbons (Fsp3) is 0.647. The number of hydrogen-bond donors (Lipinski definition) is 0. The van der Waals surface area contributed by atoms with Gasteiger partial charge in [0.05, 0.1) is 24.4 Å². The predicted octanol–water partition coefficient (Wildman–Crippen LogP) is 2.01. The van der Waals surface area contributed by atoms with Gasteiger partial charge < -0.3 is 18.9 Å². The molecule has 2 rings (SSSR count). The Balaban J connectivity index is 2.18. The Hall–Kier alpha value is -1.44. The number of allylic oxidation sites excluding steroid dienone is 2. The molecular weight excluding hydrogens is 307 g/mol. The maximum Gasteiger partial charge on any atom is 0.496 e. The van der Waals surface area contributed by atoms with Crippen LogP contribution in [0.1, 0.15) is 34.6 Å². The summed E-state index contributed by atoms with van der Waals surface area (Å²) in [5.41, 5.74) is 0.395. The minimum absolute atomic E-state index is 0.00946. The number of rotatable bonds is 4. The summed E-state index contributed by atoms with van der Waals surface area (Å²) in [6, 6.07) is 0. The molecule has 6 nitrogen and oxygen atoms in total. The summed E-state index contributed by atoms with van der Waals surface area (Å²) in [6.07, 6.45) is 3.35. The summed E-state index contributed by atoms with van der Waals surface area (Å²) >= 11 is 0. The molecule has 0 aromatic heterocycles. The van der Waals surface area contributed by atoms with E-state index in [4.69, 9.17) is 14.0 Å². The second kappa shape index (κ2) is 7.21. The Morgan fingerprint density at radius 2 is 1.71 bits per heavy atom. The molecule has 0 N–H and O–H groups in total. The monoisotopic (exact) mass is 334 g/mol. The van der Waals surface area contributed by atoms with Gasteiger partial charge in [0.1, 0.15) is 0 Å². The molecule has 24 heavy (non-hydrogen) atoms. The fourth-order valence-corrected chi connectivity index (χ4v) is 2.58. The van der Waals surface area contributed by atoms with Gasteiger partial charge in [0.15, 0.2) is 0 Å². The number of carbonyl (C=O) groups excluding carboxylic acids is 1. The first kappa shape index (κ1) is 18.9. The molecule has 2 saturated heterocycles.